The maximum absolute atomic E-state index is 11.0. The van der Waals surface area contributed by atoms with E-state index in [1.165, 1.54) is 0 Å². The maximum atomic E-state index is 11.0. The Kier molecular flexibility index (Phi) is 1.90. The third-order valence-electron chi connectivity index (χ3n) is 1.32. The number of hydrogen-bond donors (Lipinski definition) is 1. The molecule has 50 valence electrons. The molecule has 0 amide bonds. The van der Waals surface area contributed by atoms with Crippen molar-refractivity contribution in [2.24, 2.45) is 0 Å². The predicted molar refractivity (Wildman–Crippen MR) is 35.8 cm³/mol. The minimum atomic E-state index is -2.29. The SMILES string of the molecule is CC(C)(O)P(C)(C)=O. The van der Waals surface area contributed by atoms with Crippen molar-refractivity contribution in [1.82, 2.24) is 0 Å². The van der Waals surface area contributed by atoms with E-state index < -0.39 is 12.5 Å². The summed E-state index contributed by atoms with van der Waals surface area (Å²) in [7, 11) is -2.29. The second-order valence-electron chi connectivity index (χ2n) is 2.85. The Morgan fingerprint density at radius 3 is 1.50 bits per heavy atom. The highest BCUT2D eigenvalue weighted by Gasteiger charge is 2.28. The van der Waals surface area contributed by atoms with Crippen molar-refractivity contribution >= 4 is 7.14 Å². The van der Waals surface area contributed by atoms with E-state index in [1.54, 1.807) is 27.2 Å². The van der Waals surface area contributed by atoms with E-state index >= 15 is 0 Å². The van der Waals surface area contributed by atoms with Gasteiger partial charge in [-0.05, 0) is 27.2 Å². The molecule has 0 saturated heterocycles. The fourth-order valence-corrected chi connectivity index (χ4v) is 0. The quantitative estimate of drug-likeness (QED) is 0.552. The smallest absolute Gasteiger partial charge is 0.111 e. The highest BCUT2D eigenvalue weighted by Crippen LogP contribution is 2.48. The van der Waals surface area contributed by atoms with Gasteiger partial charge in [-0.15, -0.1) is 0 Å². The molecular formula is C5H13O2P. The van der Waals surface area contributed by atoms with Crippen LogP contribution in [0.5, 0.6) is 0 Å². The largest absolute Gasteiger partial charge is 0.383 e. The fourth-order valence-electron chi connectivity index (χ4n) is 0. The number of aliphatic hydroxyl groups is 1. The van der Waals surface area contributed by atoms with E-state index in [0.29, 0.717) is 0 Å². The van der Waals surface area contributed by atoms with Crippen LogP contribution in [0.25, 0.3) is 0 Å². The molecule has 0 fully saturated rings. The van der Waals surface area contributed by atoms with Gasteiger partial charge in [0.1, 0.15) is 12.5 Å². The molecule has 0 spiro atoms. The normalized spacial score (nSPS) is 14.1. The minimum Gasteiger partial charge on any atom is -0.383 e. The van der Waals surface area contributed by atoms with Crippen molar-refractivity contribution in [2.75, 3.05) is 13.3 Å². The Balaban J connectivity index is 4.26. The van der Waals surface area contributed by atoms with E-state index in [0.717, 1.165) is 0 Å². The molecule has 0 unspecified atom stereocenters. The van der Waals surface area contributed by atoms with Crippen LogP contribution in [0.3, 0.4) is 0 Å². The lowest BCUT2D eigenvalue weighted by Crippen LogP contribution is -2.17. The maximum Gasteiger partial charge on any atom is 0.111 e. The van der Waals surface area contributed by atoms with Crippen molar-refractivity contribution in [2.45, 2.75) is 19.2 Å². The summed E-state index contributed by atoms with van der Waals surface area (Å²) >= 11 is 0. The van der Waals surface area contributed by atoms with Gasteiger partial charge in [-0.3, -0.25) is 0 Å². The third kappa shape index (κ3) is 1.97. The van der Waals surface area contributed by atoms with Crippen LogP contribution in [-0.2, 0) is 4.57 Å². The van der Waals surface area contributed by atoms with Crippen molar-refractivity contribution in [1.29, 1.82) is 0 Å². The molecule has 0 aromatic carbocycles. The lowest BCUT2D eigenvalue weighted by Gasteiger charge is -2.21. The topological polar surface area (TPSA) is 37.3 Å². The average Bonchev–Trinajstić information content (AvgIpc) is 1.25. The molecule has 0 aliphatic heterocycles. The zero-order chi connectivity index (χ0) is 7.00. The van der Waals surface area contributed by atoms with Crippen molar-refractivity contribution in [3.05, 3.63) is 0 Å². The predicted octanol–water partition coefficient (Wildman–Crippen LogP) is 1.34. The summed E-state index contributed by atoms with van der Waals surface area (Å²) in [4.78, 5) is 0. The summed E-state index contributed by atoms with van der Waals surface area (Å²) in [5.41, 5.74) is 0. The molecule has 0 aliphatic carbocycles. The number of rotatable bonds is 1. The van der Waals surface area contributed by atoms with Gasteiger partial charge in [0.25, 0.3) is 0 Å². The Labute approximate surface area is 50.3 Å². The van der Waals surface area contributed by atoms with Crippen molar-refractivity contribution in [3.8, 4) is 0 Å². The highest BCUT2D eigenvalue weighted by atomic mass is 31.2. The van der Waals surface area contributed by atoms with Crippen LogP contribution in [0.1, 0.15) is 13.8 Å². The Bertz CT molecular complexity index is 117. The molecular weight excluding hydrogens is 123 g/mol. The third-order valence-corrected chi connectivity index (χ3v) is 3.95. The van der Waals surface area contributed by atoms with Gasteiger partial charge in [0.05, 0.1) is 0 Å². The minimum absolute atomic E-state index is 1.01. The van der Waals surface area contributed by atoms with E-state index in [2.05, 4.69) is 0 Å². The van der Waals surface area contributed by atoms with Crippen LogP contribution < -0.4 is 0 Å². The first kappa shape index (κ1) is 8.19. The van der Waals surface area contributed by atoms with Gasteiger partial charge in [0.15, 0.2) is 0 Å². The summed E-state index contributed by atoms with van der Waals surface area (Å²) in [6.07, 6.45) is 0. The van der Waals surface area contributed by atoms with Crippen LogP contribution >= 0.6 is 7.14 Å². The second kappa shape index (κ2) is 1.85. The van der Waals surface area contributed by atoms with Gasteiger partial charge in [-0.2, -0.15) is 0 Å². The van der Waals surface area contributed by atoms with Crippen LogP contribution in [0.2, 0.25) is 0 Å². The molecule has 0 bridgehead atoms. The van der Waals surface area contributed by atoms with Gasteiger partial charge in [0.2, 0.25) is 0 Å². The molecule has 2 nitrogen and oxygen atoms in total. The Morgan fingerprint density at radius 2 is 1.50 bits per heavy atom. The van der Waals surface area contributed by atoms with Crippen LogP contribution in [0.15, 0.2) is 0 Å². The molecule has 0 aliphatic rings. The van der Waals surface area contributed by atoms with E-state index in [9.17, 15) is 4.57 Å². The van der Waals surface area contributed by atoms with Crippen molar-refractivity contribution in [3.63, 3.8) is 0 Å². The standard InChI is InChI=1S/C5H13O2P/c1-5(2,6)8(3,4)7/h6H,1-4H3. The van der Waals surface area contributed by atoms with Gasteiger partial charge in [-0.1, -0.05) is 0 Å². The Morgan fingerprint density at radius 1 is 1.38 bits per heavy atom. The summed E-state index contributed by atoms with van der Waals surface area (Å²) in [6, 6.07) is 0. The second-order valence-corrected chi connectivity index (χ2v) is 6.64. The molecule has 0 atom stereocenters. The Hall–Kier alpha value is 0.190. The summed E-state index contributed by atoms with van der Waals surface area (Å²) in [5.74, 6) is 0. The average molecular weight is 136 g/mol. The van der Waals surface area contributed by atoms with E-state index in [-0.39, 0.29) is 0 Å². The monoisotopic (exact) mass is 136 g/mol. The van der Waals surface area contributed by atoms with Crippen LogP contribution in [0.4, 0.5) is 0 Å². The summed E-state index contributed by atoms with van der Waals surface area (Å²) in [5, 5.41) is 8.08. The first-order valence-corrected chi connectivity index (χ1v) is 5.13. The van der Waals surface area contributed by atoms with E-state index in [1.807, 2.05) is 0 Å². The first-order valence-electron chi connectivity index (χ1n) is 2.52. The molecule has 3 heteroatoms. The molecule has 1 N–H and O–H groups in total. The van der Waals surface area contributed by atoms with Gasteiger partial charge < -0.3 is 9.67 Å². The lowest BCUT2D eigenvalue weighted by molar-refractivity contribution is 0.164. The van der Waals surface area contributed by atoms with Gasteiger partial charge >= 0.3 is 0 Å². The van der Waals surface area contributed by atoms with E-state index in [4.69, 9.17) is 5.11 Å². The molecule has 8 heavy (non-hydrogen) atoms. The number of hydrogen-bond acceptors (Lipinski definition) is 2. The van der Waals surface area contributed by atoms with Crippen LogP contribution in [-0.4, -0.2) is 23.8 Å². The molecule has 0 radical (unpaired) electrons. The van der Waals surface area contributed by atoms with Crippen molar-refractivity contribution < 1.29 is 9.67 Å². The zero-order valence-electron chi connectivity index (χ0n) is 5.80. The molecule has 0 aromatic rings. The highest BCUT2D eigenvalue weighted by molar-refractivity contribution is 7.63. The van der Waals surface area contributed by atoms with Gasteiger partial charge in [0, 0.05) is 0 Å². The molecule has 0 heterocycles. The molecule has 0 saturated carbocycles. The first-order chi connectivity index (χ1) is 3.25. The van der Waals surface area contributed by atoms with Crippen LogP contribution in [0, 0.1) is 0 Å². The summed E-state index contributed by atoms with van der Waals surface area (Å²) < 4.78 is 11.0. The van der Waals surface area contributed by atoms with Gasteiger partial charge in [-0.25, -0.2) is 0 Å². The molecule has 0 rings (SSSR count). The fraction of sp³-hybridized carbons (Fsp3) is 1.00. The summed E-state index contributed by atoms with van der Waals surface area (Å²) in [6.45, 7) is 6.28. The lowest BCUT2D eigenvalue weighted by atomic mass is 10.5. The zero-order valence-corrected chi connectivity index (χ0v) is 6.70. The molecule has 0 aromatic heterocycles.